The van der Waals surface area contributed by atoms with Crippen LogP contribution in [0.3, 0.4) is 0 Å². The smallest absolute Gasteiger partial charge is 0.463 e. The van der Waals surface area contributed by atoms with E-state index in [9.17, 15) is 0 Å². The van der Waals surface area contributed by atoms with Crippen LogP contribution < -0.4 is 5.73 Å². The van der Waals surface area contributed by atoms with E-state index in [0.29, 0.717) is 5.84 Å². The van der Waals surface area contributed by atoms with Gasteiger partial charge in [-0.3, -0.25) is 0 Å². The minimum atomic E-state index is -0.0260. The van der Waals surface area contributed by atoms with Gasteiger partial charge in [0.15, 0.2) is 0 Å². The predicted octanol–water partition coefficient (Wildman–Crippen LogP) is 1.18. The van der Waals surface area contributed by atoms with E-state index in [-0.39, 0.29) is 38.1 Å². The number of hydrogen-bond donors (Lipinski definition) is 1. The van der Waals surface area contributed by atoms with Gasteiger partial charge in [-0.1, -0.05) is 26.6 Å². The molecule has 0 aliphatic carbocycles. The van der Waals surface area contributed by atoms with Gasteiger partial charge in [0.25, 0.3) is 0 Å². The molecule has 0 fully saturated rings. The Balaban J connectivity index is 0. The molecule has 2 nitrogen and oxygen atoms in total. The van der Waals surface area contributed by atoms with Crippen molar-refractivity contribution in [3.05, 3.63) is 7.05 Å². The van der Waals surface area contributed by atoms with Crippen molar-refractivity contribution in [2.75, 3.05) is 0 Å². The Hall–Kier alpha value is 0.444. The third-order valence-electron chi connectivity index (χ3n) is 0.939. The summed E-state index contributed by atoms with van der Waals surface area (Å²) in [5, 5.41) is 0. The number of nitrogens with zero attached hydrogens (tertiary/aromatic N) is 1. The van der Waals surface area contributed by atoms with Crippen LogP contribution in [0.4, 0.5) is 0 Å². The Morgan fingerprint density at radius 3 is 1.78 bits per heavy atom. The van der Waals surface area contributed by atoms with E-state index in [0.717, 1.165) is 0 Å². The van der Waals surface area contributed by atoms with Gasteiger partial charge in [0.05, 0.1) is 0 Å². The minimum Gasteiger partial charge on any atom is -0.463 e. The van der Waals surface area contributed by atoms with Crippen molar-refractivity contribution in [2.24, 2.45) is 16.1 Å². The molecule has 0 rings (SSSR count). The maximum atomic E-state index is 5.44. The molecule has 0 bridgehead atoms. The second-order valence-corrected chi connectivity index (χ2v) is 2.79. The fraction of sp³-hybridized carbons (Fsp3) is 0.667. The topological polar surface area (TPSA) is 38.4 Å². The Labute approximate surface area is 82.2 Å². The SMILES string of the molecule is [CH2-]N=C(N)C(C)(C)C.[Y+3]. The van der Waals surface area contributed by atoms with Crippen LogP contribution in [0.15, 0.2) is 4.99 Å². The van der Waals surface area contributed by atoms with Crippen LogP contribution in [-0.2, 0) is 32.7 Å². The van der Waals surface area contributed by atoms with Gasteiger partial charge in [-0.05, 0) is 5.41 Å². The zero-order valence-electron chi connectivity index (χ0n) is 6.31. The molecule has 2 N–H and O–H groups in total. The van der Waals surface area contributed by atoms with E-state index < -0.39 is 0 Å². The molecule has 0 radical (unpaired) electrons. The molecule has 3 heteroatoms. The first-order chi connectivity index (χ1) is 3.48. The average molecular weight is 202 g/mol. The van der Waals surface area contributed by atoms with Gasteiger partial charge in [0, 0.05) is 0 Å². The maximum Gasteiger partial charge on any atom is 3.00 e. The van der Waals surface area contributed by atoms with Crippen LogP contribution >= 0.6 is 0 Å². The first-order valence-electron chi connectivity index (χ1n) is 2.58. The van der Waals surface area contributed by atoms with Gasteiger partial charge in [-0.15, -0.1) is 0 Å². The molecule has 0 aliphatic rings. The normalized spacial score (nSPS) is 12.6. The van der Waals surface area contributed by atoms with Crippen LogP contribution in [0.25, 0.3) is 0 Å². The number of aliphatic imine (C=N–C) groups is 1. The van der Waals surface area contributed by atoms with E-state index in [4.69, 9.17) is 5.73 Å². The zero-order chi connectivity index (χ0) is 6.78. The Bertz CT molecular complexity index is 102. The zero-order valence-corrected chi connectivity index (χ0v) is 9.15. The van der Waals surface area contributed by atoms with Crippen molar-refractivity contribution < 1.29 is 32.7 Å². The number of amidine groups is 1. The van der Waals surface area contributed by atoms with Crippen molar-refractivity contribution in [1.82, 2.24) is 0 Å². The second kappa shape index (κ2) is 4.29. The summed E-state index contributed by atoms with van der Waals surface area (Å²) in [6.45, 7) is 5.99. The number of nitrogens with two attached hydrogens (primary N) is 1. The maximum absolute atomic E-state index is 5.44. The molecular formula is C6H13N2Y+2. The van der Waals surface area contributed by atoms with Gasteiger partial charge >= 0.3 is 32.7 Å². The number of hydrogen-bond acceptors (Lipinski definition) is 1. The van der Waals surface area contributed by atoms with Gasteiger partial charge < -0.3 is 10.7 Å². The summed E-state index contributed by atoms with van der Waals surface area (Å²) in [5.41, 5.74) is 5.41. The monoisotopic (exact) mass is 202 g/mol. The number of rotatable bonds is 0. The fourth-order valence-corrected chi connectivity index (χ4v) is 0.237. The molecule has 0 saturated heterocycles. The largest absolute Gasteiger partial charge is 3.00 e. The molecule has 0 saturated carbocycles. The summed E-state index contributed by atoms with van der Waals surface area (Å²) in [6.07, 6.45) is 0. The molecule has 0 spiro atoms. The first-order valence-corrected chi connectivity index (χ1v) is 2.58. The first kappa shape index (κ1) is 12.2. The summed E-state index contributed by atoms with van der Waals surface area (Å²) in [4.78, 5) is 3.60. The van der Waals surface area contributed by atoms with Gasteiger partial charge in [0.2, 0.25) is 0 Å². The van der Waals surface area contributed by atoms with E-state index >= 15 is 0 Å². The summed E-state index contributed by atoms with van der Waals surface area (Å²) in [5.74, 6) is 0.595. The van der Waals surface area contributed by atoms with Crippen LogP contribution in [0.5, 0.6) is 0 Å². The third kappa shape index (κ3) is 4.92. The molecule has 0 aliphatic heterocycles. The molecule has 48 valence electrons. The molecule has 0 heterocycles. The Morgan fingerprint density at radius 1 is 1.44 bits per heavy atom. The van der Waals surface area contributed by atoms with Crippen LogP contribution in [0.2, 0.25) is 0 Å². The minimum absolute atomic E-state index is 0. The van der Waals surface area contributed by atoms with Crippen LogP contribution in [0.1, 0.15) is 20.8 Å². The van der Waals surface area contributed by atoms with Crippen molar-refractivity contribution >= 4 is 5.84 Å². The van der Waals surface area contributed by atoms with Crippen molar-refractivity contribution in [3.8, 4) is 0 Å². The molecule has 0 amide bonds. The average Bonchev–Trinajstić information content (AvgIpc) is 1.62. The van der Waals surface area contributed by atoms with Crippen LogP contribution in [-0.4, -0.2) is 5.84 Å². The van der Waals surface area contributed by atoms with E-state index in [1.807, 2.05) is 20.8 Å². The van der Waals surface area contributed by atoms with Crippen molar-refractivity contribution in [1.29, 1.82) is 0 Å². The van der Waals surface area contributed by atoms with E-state index in [1.165, 1.54) is 0 Å². The van der Waals surface area contributed by atoms with Gasteiger partial charge in [-0.2, -0.15) is 7.05 Å². The molecule has 0 atom stereocenters. The van der Waals surface area contributed by atoms with Crippen LogP contribution in [0, 0.1) is 12.5 Å². The molecular weight excluding hydrogens is 189 g/mol. The molecule has 0 aromatic carbocycles. The summed E-state index contributed by atoms with van der Waals surface area (Å²) < 4.78 is 0. The van der Waals surface area contributed by atoms with E-state index in [2.05, 4.69) is 12.0 Å². The summed E-state index contributed by atoms with van der Waals surface area (Å²) >= 11 is 0. The van der Waals surface area contributed by atoms with Gasteiger partial charge in [-0.25, -0.2) is 0 Å². The van der Waals surface area contributed by atoms with E-state index in [1.54, 1.807) is 0 Å². The second-order valence-electron chi connectivity index (χ2n) is 2.79. The quantitative estimate of drug-likeness (QED) is 0.357. The molecule has 0 unspecified atom stereocenters. The molecule has 9 heavy (non-hydrogen) atoms. The third-order valence-corrected chi connectivity index (χ3v) is 0.939. The fourth-order valence-electron chi connectivity index (χ4n) is 0.237. The molecule has 0 aromatic heterocycles. The van der Waals surface area contributed by atoms with Crippen molar-refractivity contribution in [2.45, 2.75) is 20.8 Å². The Morgan fingerprint density at radius 2 is 1.78 bits per heavy atom. The van der Waals surface area contributed by atoms with Crippen molar-refractivity contribution in [3.63, 3.8) is 0 Å². The summed E-state index contributed by atoms with van der Waals surface area (Å²) in [6, 6.07) is 0. The summed E-state index contributed by atoms with van der Waals surface area (Å²) in [7, 11) is 3.32. The predicted molar refractivity (Wildman–Crippen MR) is 36.4 cm³/mol. The molecule has 0 aromatic rings. The standard InChI is InChI=1S/C6H13N2.Y/c1-6(2,3)5(7)8-4;/h4H2,1-3H3,(H2,7,8);/q-1;+3. The van der Waals surface area contributed by atoms with Gasteiger partial charge in [0.1, 0.15) is 0 Å². The Kier molecular flexibility index (Phi) is 5.79.